The number of ether oxygens (including phenoxy) is 1. The normalized spacial score (nSPS) is 28.0. The van der Waals surface area contributed by atoms with Crippen LogP contribution >= 0.6 is 0 Å². The van der Waals surface area contributed by atoms with Crippen LogP contribution in [0.25, 0.3) is 0 Å². The van der Waals surface area contributed by atoms with Gasteiger partial charge in [0.15, 0.2) is 0 Å². The van der Waals surface area contributed by atoms with Gasteiger partial charge in [0, 0.05) is 26.7 Å². The van der Waals surface area contributed by atoms with Gasteiger partial charge in [-0.05, 0) is 43.7 Å². The van der Waals surface area contributed by atoms with Gasteiger partial charge >= 0.3 is 0 Å². The molecule has 2 fully saturated rings. The fourth-order valence-electron chi connectivity index (χ4n) is 3.81. The lowest BCUT2D eigenvalue weighted by atomic mass is 9.85. The molecule has 1 N–H and O–H groups in total. The number of nitrogens with zero attached hydrogens (tertiary/aromatic N) is 1. The van der Waals surface area contributed by atoms with Crippen molar-refractivity contribution in [3.05, 3.63) is 0 Å². The summed E-state index contributed by atoms with van der Waals surface area (Å²) in [6.45, 7) is 9.32. The van der Waals surface area contributed by atoms with Gasteiger partial charge in [-0.2, -0.15) is 0 Å². The minimum Gasteiger partial charge on any atom is -0.384 e. The van der Waals surface area contributed by atoms with Crippen molar-refractivity contribution in [3.8, 4) is 0 Å². The molecule has 1 aliphatic carbocycles. The van der Waals surface area contributed by atoms with Gasteiger partial charge in [-0.1, -0.05) is 19.8 Å². The average Bonchev–Trinajstić information content (AvgIpc) is 2.98. The third-order valence-corrected chi connectivity index (χ3v) is 4.75. The molecule has 2 rings (SSSR count). The van der Waals surface area contributed by atoms with Crippen LogP contribution in [0, 0.1) is 11.3 Å². The topological polar surface area (TPSA) is 24.5 Å². The van der Waals surface area contributed by atoms with E-state index < -0.39 is 0 Å². The fourth-order valence-corrected chi connectivity index (χ4v) is 3.81. The molecule has 0 aromatic heterocycles. The molecule has 1 atom stereocenters. The van der Waals surface area contributed by atoms with Crippen molar-refractivity contribution in [3.63, 3.8) is 0 Å². The first-order valence-electron chi connectivity index (χ1n) is 7.70. The maximum absolute atomic E-state index is 5.30. The molecule has 18 heavy (non-hydrogen) atoms. The van der Waals surface area contributed by atoms with E-state index in [1.54, 1.807) is 0 Å². The largest absolute Gasteiger partial charge is 0.384 e. The Kier molecular flexibility index (Phi) is 5.46. The molecule has 1 heterocycles. The van der Waals surface area contributed by atoms with Gasteiger partial charge in [0.1, 0.15) is 0 Å². The maximum Gasteiger partial charge on any atom is 0.0503 e. The van der Waals surface area contributed by atoms with Gasteiger partial charge in [-0.3, -0.25) is 0 Å². The second kappa shape index (κ2) is 6.88. The van der Waals surface area contributed by atoms with E-state index in [-0.39, 0.29) is 0 Å². The molecule has 0 spiro atoms. The highest BCUT2D eigenvalue weighted by Crippen LogP contribution is 2.39. The number of hydrogen-bond acceptors (Lipinski definition) is 3. The first-order valence-corrected chi connectivity index (χ1v) is 7.70. The predicted octanol–water partition coefficient (Wildman–Crippen LogP) is 2.12. The van der Waals surface area contributed by atoms with Crippen LogP contribution in [0.15, 0.2) is 0 Å². The van der Waals surface area contributed by atoms with Crippen LogP contribution in [0.3, 0.4) is 0 Å². The van der Waals surface area contributed by atoms with E-state index in [4.69, 9.17) is 4.74 Å². The molecule has 0 radical (unpaired) electrons. The van der Waals surface area contributed by atoms with E-state index in [0.717, 1.165) is 19.1 Å². The summed E-state index contributed by atoms with van der Waals surface area (Å²) in [7, 11) is 1.83. The molecular formula is C15H30N2O. The van der Waals surface area contributed by atoms with Crippen molar-refractivity contribution in [1.29, 1.82) is 0 Å². The van der Waals surface area contributed by atoms with Crippen LogP contribution in [-0.4, -0.2) is 51.3 Å². The van der Waals surface area contributed by atoms with Crippen molar-refractivity contribution in [2.75, 3.05) is 46.4 Å². The molecule has 106 valence electrons. The van der Waals surface area contributed by atoms with E-state index in [9.17, 15) is 0 Å². The zero-order valence-electron chi connectivity index (χ0n) is 12.2. The number of hydrogen-bond donors (Lipinski definition) is 1. The minimum atomic E-state index is 0.567. The Bertz CT molecular complexity index is 239. The zero-order chi connectivity index (χ0) is 12.8. The molecular weight excluding hydrogens is 224 g/mol. The summed E-state index contributed by atoms with van der Waals surface area (Å²) in [4.78, 5) is 2.69. The lowest BCUT2D eigenvalue weighted by Gasteiger charge is -2.34. The Morgan fingerprint density at radius 3 is 2.78 bits per heavy atom. The molecule has 1 saturated carbocycles. The molecule has 1 unspecified atom stereocenters. The van der Waals surface area contributed by atoms with E-state index in [1.165, 1.54) is 58.3 Å². The Morgan fingerprint density at radius 2 is 2.11 bits per heavy atom. The molecule has 3 nitrogen and oxygen atoms in total. The first kappa shape index (κ1) is 14.3. The summed E-state index contributed by atoms with van der Waals surface area (Å²) in [6.07, 6.45) is 7.03. The second-order valence-corrected chi connectivity index (χ2v) is 6.33. The van der Waals surface area contributed by atoms with Crippen LogP contribution < -0.4 is 5.32 Å². The van der Waals surface area contributed by atoms with Crippen LogP contribution in [0.1, 0.15) is 39.0 Å². The Labute approximate surface area is 112 Å². The Hall–Kier alpha value is -0.120. The summed E-state index contributed by atoms with van der Waals surface area (Å²) in [5, 5.41) is 3.59. The summed E-state index contributed by atoms with van der Waals surface area (Å²) in [5.74, 6) is 0.771. The van der Waals surface area contributed by atoms with Crippen molar-refractivity contribution >= 4 is 0 Å². The highest BCUT2D eigenvalue weighted by Gasteiger charge is 2.36. The van der Waals surface area contributed by atoms with Gasteiger partial charge in [0.25, 0.3) is 0 Å². The fraction of sp³-hybridized carbons (Fsp3) is 1.00. The lowest BCUT2D eigenvalue weighted by molar-refractivity contribution is 0.137. The van der Waals surface area contributed by atoms with Crippen molar-refractivity contribution in [1.82, 2.24) is 10.2 Å². The second-order valence-electron chi connectivity index (χ2n) is 6.33. The molecule has 0 aromatic rings. The highest BCUT2D eigenvalue weighted by molar-refractivity contribution is 4.91. The van der Waals surface area contributed by atoms with Gasteiger partial charge in [-0.15, -0.1) is 0 Å². The molecule has 0 amide bonds. The first-order chi connectivity index (χ1) is 8.78. The molecule has 2 aliphatic rings. The quantitative estimate of drug-likeness (QED) is 0.753. The summed E-state index contributed by atoms with van der Waals surface area (Å²) in [6, 6.07) is 0. The number of methoxy groups -OCH3 is 1. The Balaban J connectivity index is 1.82. The lowest BCUT2D eigenvalue weighted by Crippen LogP contribution is -2.42. The summed E-state index contributed by atoms with van der Waals surface area (Å²) in [5.41, 5.74) is 0.567. The molecule has 3 heteroatoms. The van der Waals surface area contributed by atoms with Crippen LogP contribution in [-0.2, 0) is 4.74 Å². The van der Waals surface area contributed by atoms with Gasteiger partial charge in [-0.25, -0.2) is 0 Å². The highest BCUT2D eigenvalue weighted by atomic mass is 16.5. The van der Waals surface area contributed by atoms with E-state index >= 15 is 0 Å². The molecule has 0 aromatic carbocycles. The van der Waals surface area contributed by atoms with Crippen LogP contribution in [0.4, 0.5) is 0 Å². The van der Waals surface area contributed by atoms with Gasteiger partial charge in [0.05, 0.1) is 6.61 Å². The van der Waals surface area contributed by atoms with Gasteiger partial charge < -0.3 is 15.0 Å². The van der Waals surface area contributed by atoms with Crippen molar-refractivity contribution < 1.29 is 4.74 Å². The van der Waals surface area contributed by atoms with Crippen LogP contribution in [0.2, 0.25) is 0 Å². The monoisotopic (exact) mass is 254 g/mol. The summed E-state index contributed by atoms with van der Waals surface area (Å²) >= 11 is 0. The van der Waals surface area contributed by atoms with Crippen molar-refractivity contribution in [2.45, 2.75) is 39.0 Å². The summed E-state index contributed by atoms with van der Waals surface area (Å²) < 4.78 is 5.30. The zero-order valence-corrected chi connectivity index (χ0v) is 12.2. The van der Waals surface area contributed by atoms with Crippen molar-refractivity contribution in [2.24, 2.45) is 11.3 Å². The number of nitrogens with one attached hydrogen (secondary N) is 1. The molecule has 1 aliphatic heterocycles. The third-order valence-electron chi connectivity index (χ3n) is 4.75. The standard InChI is InChI=1S/C15H30N2O/c1-3-16-12-15(7-4-5-8-15)13-17-9-6-14(10-17)11-18-2/h14,16H,3-13H2,1-2H3. The smallest absolute Gasteiger partial charge is 0.0503 e. The SMILES string of the molecule is CCNCC1(CN2CCC(COC)C2)CCCC1. The number of likely N-dealkylation sites (tertiary alicyclic amines) is 1. The Morgan fingerprint density at radius 1 is 1.33 bits per heavy atom. The molecule has 0 bridgehead atoms. The predicted molar refractivity (Wildman–Crippen MR) is 75.9 cm³/mol. The number of rotatable bonds is 7. The van der Waals surface area contributed by atoms with E-state index in [1.807, 2.05) is 7.11 Å². The maximum atomic E-state index is 5.30. The minimum absolute atomic E-state index is 0.567. The third kappa shape index (κ3) is 3.69. The van der Waals surface area contributed by atoms with E-state index in [2.05, 4.69) is 17.1 Å². The molecule has 1 saturated heterocycles. The van der Waals surface area contributed by atoms with E-state index in [0.29, 0.717) is 5.41 Å². The van der Waals surface area contributed by atoms with Gasteiger partial charge in [0.2, 0.25) is 0 Å². The van der Waals surface area contributed by atoms with Crippen LogP contribution in [0.5, 0.6) is 0 Å². The average molecular weight is 254 g/mol.